The Kier molecular flexibility index (Phi) is 9.06. The molecule has 1 aromatic carbocycles. The first-order valence-corrected chi connectivity index (χ1v) is 9.78. The van der Waals surface area contributed by atoms with Crippen LogP contribution >= 0.6 is 7.82 Å². The average Bonchev–Trinajstić information content (AvgIpc) is 2.62. The largest absolute Gasteiger partial charge is 0.756 e. The van der Waals surface area contributed by atoms with Gasteiger partial charge in [0.15, 0.2) is 0 Å². The lowest BCUT2D eigenvalue weighted by molar-refractivity contribution is -0.870. The first kappa shape index (κ1) is 24.1. The first-order chi connectivity index (χ1) is 13.0. The van der Waals surface area contributed by atoms with Gasteiger partial charge < -0.3 is 32.6 Å². The van der Waals surface area contributed by atoms with Crippen molar-refractivity contribution in [2.75, 3.05) is 61.7 Å². The number of ether oxygens (including phenoxy) is 3. The predicted molar refractivity (Wildman–Crippen MR) is 97.0 cm³/mol. The van der Waals surface area contributed by atoms with Gasteiger partial charge in [0.1, 0.15) is 25.5 Å². The van der Waals surface area contributed by atoms with Gasteiger partial charge in [-0.3, -0.25) is 4.57 Å². The molecule has 0 radical (unpaired) electrons. The van der Waals surface area contributed by atoms with Crippen LogP contribution in [0.3, 0.4) is 0 Å². The lowest BCUT2D eigenvalue weighted by Gasteiger charge is -2.27. The summed E-state index contributed by atoms with van der Waals surface area (Å²) in [6.45, 7) is 0.0227. The van der Waals surface area contributed by atoms with Crippen LogP contribution in [0.15, 0.2) is 18.2 Å². The quantitative estimate of drug-likeness (QED) is 0.222. The minimum Gasteiger partial charge on any atom is -0.756 e. The van der Waals surface area contributed by atoms with Gasteiger partial charge in [0.2, 0.25) is 0 Å². The molecular weight excluding hydrogens is 393 g/mol. The highest BCUT2D eigenvalue weighted by Crippen LogP contribution is 2.37. The molecule has 0 heterocycles. The van der Waals surface area contributed by atoms with Gasteiger partial charge in [-0.2, -0.15) is 0 Å². The molecule has 0 fully saturated rings. The molecule has 0 aliphatic carbocycles. The molecule has 1 unspecified atom stereocenters. The van der Waals surface area contributed by atoms with E-state index in [4.69, 9.17) is 13.8 Å². The minimum atomic E-state index is -4.45. The number of hydrogen-bond donors (Lipinski definition) is 0. The molecule has 1 rings (SSSR count). The molecule has 28 heavy (non-hydrogen) atoms. The molecule has 0 spiro atoms. The third kappa shape index (κ3) is 8.81. The van der Waals surface area contributed by atoms with Crippen molar-refractivity contribution in [3.05, 3.63) is 29.3 Å². The summed E-state index contributed by atoms with van der Waals surface area (Å²) in [5.41, 5.74) is 0.166. The van der Waals surface area contributed by atoms with E-state index in [0.29, 0.717) is 11.0 Å². The van der Waals surface area contributed by atoms with Gasteiger partial charge >= 0.3 is 11.9 Å². The fourth-order valence-electron chi connectivity index (χ4n) is 1.93. The number of quaternary nitrogens is 1. The molecule has 0 bridgehead atoms. The molecule has 0 aromatic heterocycles. The zero-order chi connectivity index (χ0) is 21.4. The van der Waals surface area contributed by atoms with Crippen LogP contribution < -0.4 is 9.63 Å². The van der Waals surface area contributed by atoms with Crippen molar-refractivity contribution in [1.82, 2.24) is 0 Å². The van der Waals surface area contributed by atoms with E-state index in [1.807, 2.05) is 21.1 Å². The molecule has 1 aromatic rings. The van der Waals surface area contributed by atoms with E-state index < -0.39 is 19.8 Å². The van der Waals surface area contributed by atoms with Crippen molar-refractivity contribution in [2.45, 2.75) is 0 Å². The maximum atomic E-state index is 11.7. The number of nitrogens with zero attached hydrogens (tertiary/aromatic N) is 1. The Morgan fingerprint density at radius 2 is 1.43 bits per heavy atom. The molecule has 0 aliphatic rings. The number of phosphoric ester groups is 1. The van der Waals surface area contributed by atoms with Crippen LogP contribution in [-0.4, -0.2) is 78.1 Å². The lowest BCUT2D eigenvalue weighted by Crippen LogP contribution is -2.37. The number of carbonyl (C=O) groups excluding carboxylic acids is 2. The Bertz CT molecular complexity index is 696. The predicted octanol–water partition coefficient (Wildman–Crippen LogP) is 0.846. The summed E-state index contributed by atoms with van der Waals surface area (Å²) in [6, 6.07) is 4.01. The van der Waals surface area contributed by atoms with Gasteiger partial charge in [0.25, 0.3) is 7.82 Å². The van der Waals surface area contributed by atoms with Crippen molar-refractivity contribution in [2.24, 2.45) is 0 Å². The summed E-state index contributed by atoms with van der Waals surface area (Å²) in [6.07, 6.45) is 0. The van der Waals surface area contributed by atoms with E-state index >= 15 is 0 Å². The number of hydrogen-bond acceptors (Lipinski definition) is 9. The minimum absolute atomic E-state index is 0.00516. The maximum absolute atomic E-state index is 11.7. The summed E-state index contributed by atoms with van der Waals surface area (Å²) in [7, 11) is 3.66. The number of phosphoric acid groups is 1. The molecule has 0 saturated carbocycles. The van der Waals surface area contributed by atoms with E-state index in [1.165, 1.54) is 32.4 Å². The van der Waals surface area contributed by atoms with E-state index in [9.17, 15) is 19.0 Å². The number of benzene rings is 1. The molecule has 1 atom stereocenters. The summed E-state index contributed by atoms with van der Waals surface area (Å²) >= 11 is 0. The standard InChI is InChI=1S/C17H26NO9P/c1-18(2,3)6-7-26-28(21,22)27-9-8-25-15-11-13(16(19)23-4)10-14(12-15)17(20)24-5/h10-12H,6-9H2,1-5H3. The van der Waals surface area contributed by atoms with Crippen molar-refractivity contribution >= 4 is 19.8 Å². The van der Waals surface area contributed by atoms with Gasteiger partial charge in [0.05, 0.1) is 53.1 Å². The Labute approximate surface area is 164 Å². The van der Waals surface area contributed by atoms with E-state index in [0.717, 1.165) is 0 Å². The van der Waals surface area contributed by atoms with Crippen molar-refractivity contribution in [3.8, 4) is 5.75 Å². The molecule has 10 nitrogen and oxygen atoms in total. The second kappa shape index (κ2) is 10.5. The molecule has 158 valence electrons. The smallest absolute Gasteiger partial charge is 0.338 e. The Balaban J connectivity index is 2.63. The van der Waals surface area contributed by atoms with Crippen molar-refractivity contribution in [1.29, 1.82) is 0 Å². The van der Waals surface area contributed by atoms with Gasteiger partial charge in [-0.15, -0.1) is 0 Å². The molecule has 0 saturated heterocycles. The van der Waals surface area contributed by atoms with Crippen LogP contribution in [0.2, 0.25) is 0 Å². The van der Waals surface area contributed by atoms with Crippen molar-refractivity contribution < 1.29 is 46.8 Å². The van der Waals surface area contributed by atoms with E-state index in [2.05, 4.69) is 9.47 Å². The van der Waals surface area contributed by atoms with Gasteiger partial charge in [-0.1, -0.05) is 0 Å². The highest BCUT2D eigenvalue weighted by atomic mass is 31.2. The number of esters is 2. The number of likely N-dealkylation sites (N-methyl/N-ethyl adjacent to an activating group) is 1. The van der Waals surface area contributed by atoms with Crippen molar-refractivity contribution in [3.63, 3.8) is 0 Å². The fourth-order valence-corrected chi connectivity index (χ4v) is 2.60. The normalized spacial score (nSPS) is 13.5. The molecule has 0 amide bonds. The van der Waals surface area contributed by atoms with Gasteiger partial charge in [-0.05, 0) is 18.2 Å². The van der Waals surface area contributed by atoms with E-state index in [-0.39, 0.29) is 36.7 Å². The topological polar surface area (TPSA) is 120 Å². The number of methoxy groups -OCH3 is 2. The first-order valence-electron chi connectivity index (χ1n) is 8.32. The highest BCUT2D eigenvalue weighted by Gasteiger charge is 2.16. The molecule has 11 heteroatoms. The zero-order valence-corrected chi connectivity index (χ0v) is 17.5. The average molecular weight is 419 g/mol. The highest BCUT2D eigenvalue weighted by molar-refractivity contribution is 7.45. The van der Waals surface area contributed by atoms with Crippen LogP contribution in [0.25, 0.3) is 0 Å². The van der Waals surface area contributed by atoms with Gasteiger partial charge in [0, 0.05) is 0 Å². The monoisotopic (exact) mass is 419 g/mol. The molecule has 0 aliphatic heterocycles. The second-order valence-electron chi connectivity index (χ2n) is 6.71. The lowest BCUT2D eigenvalue weighted by atomic mass is 10.1. The maximum Gasteiger partial charge on any atom is 0.338 e. The second-order valence-corrected chi connectivity index (χ2v) is 8.12. The third-order valence-corrected chi connectivity index (χ3v) is 4.36. The van der Waals surface area contributed by atoms with Crippen LogP contribution in [0, 0.1) is 0 Å². The summed E-state index contributed by atoms with van der Waals surface area (Å²) in [5, 5.41) is 0. The van der Waals surface area contributed by atoms with E-state index in [1.54, 1.807) is 0 Å². The summed E-state index contributed by atoms with van der Waals surface area (Å²) < 4.78 is 36.4. The van der Waals surface area contributed by atoms with Crippen LogP contribution in [0.5, 0.6) is 5.75 Å². The number of rotatable bonds is 11. The zero-order valence-electron chi connectivity index (χ0n) is 16.6. The molecule has 0 N–H and O–H groups in total. The fraction of sp³-hybridized carbons (Fsp3) is 0.529. The van der Waals surface area contributed by atoms with Crippen LogP contribution in [0.4, 0.5) is 0 Å². The third-order valence-electron chi connectivity index (χ3n) is 3.36. The summed E-state index contributed by atoms with van der Waals surface area (Å²) in [5.74, 6) is -1.18. The van der Waals surface area contributed by atoms with Crippen LogP contribution in [-0.2, 0) is 23.1 Å². The Hall–Kier alpha value is -1.97. The number of carbonyl (C=O) groups is 2. The van der Waals surface area contributed by atoms with Gasteiger partial charge in [-0.25, -0.2) is 9.59 Å². The van der Waals surface area contributed by atoms with Crippen LogP contribution in [0.1, 0.15) is 20.7 Å². The Morgan fingerprint density at radius 3 is 1.89 bits per heavy atom. The SMILES string of the molecule is COC(=O)c1cc(OCCOP(=O)([O-])OCC[N+](C)(C)C)cc(C(=O)OC)c1. The summed E-state index contributed by atoms with van der Waals surface area (Å²) in [4.78, 5) is 35.1. The molecular formula is C17H26NO9P. The Morgan fingerprint density at radius 1 is 0.929 bits per heavy atom.